The lowest BCUT2D eigenvalue weighted by molar-refractivity contribution is 0.0342. The highest BCUT2D eigenvalue weighted by atomic mass is 16.3. The number of piperidine rings is 1. The number of rotatable bonds is 1. The first kappa shape index (κ1) is 12.2. The van der Waals surface area contributed by atoms with Crippen LogP contribution in [0.15, 0.2) is 24.3 Å². The van der Waals surface area contributed by atoms with Gasteiger partial charge in [0.15, 0.2) is 0 Å². The van der Waals surface area contributed by atoms with Crippen molar-refractivity contribution < 1.29 is 5.11 Å². The van der Waals surface area contributed by atoms with Crippen LogP contribution >= 0.6 is 0 Å². The molecule has 0 saturated carbocycles. The molecule has 0 amide bonds. The monoisotopic (exact) mass is 245 g/mol. The van der Waals surface area contributed by atoms with E-state index in [0.29, 0.717) is 6.04 Å². The lowest BCUT2D eigenvalue weighted by atomic mass is 9.96. The summed E-state index contributed by atoms with van der Waals surface area (Å²) in [5.74, 6) is 0. The minimum Gasteiger partial charge on any atom is -0.387 e. The average molecular weight is 245 g/mol. The number of likely N-dealkylation sites (tertiary alicyclic amines) is 1. The maximum absolute atomic E-state index is 10.7. The molecule has 2 aliphatic rings. The summed E-state index contributed by atoms with van der Waals surface area (Å²) in [6, 6.07) is 8.78. The topological polar surface area (TPSA) is 23.5 Å². The van der Waals surface area contributed by atoms with Gasteiger partial charge in [0, 0.05) is 6.04 Å². The first-order valence-corrected chi connectivity index (χ1v) is 7.36. The predicted octanol–water partition coefficient (Wildman–Crippen LogP) is 2.91. The highest BCUT2D eigenvalue weighted by molar-refractivity contribution is 5.31. The van der Waals surface area contributed by atoms with Gasteiger partial charge in [-0.05, 0) is 56.3 Å². The van der Waals surface area contributed by atoms with Crippen molar-refractivity contribution in [1.29, 1.82) is 0 Å². The summed E-state index contributed by atoms with van der Waals surface area (Å²) in [4.78, 5) is 2.52. The van der Waals surface area contributed by atoms with E-state index >= 15 is 0 Å². The summed E-state index contributed by atoms with van der Waals surface area (Å²) in [5, 5.41) is 10.7. The van der Waals surface area contributed by atoms with Crippen LogP contribution in [0.4, 0.5) is 0 Å². The molecule has 0 spiro atoms. The zero-order valence-corrected chi connectivity index (χ0v) is 11.0. The van der Waals surface area contributed by atoms with Crippen molar-refractivity contribution in [2.75, 3.05) is 13.1 Å². The Labute approximate surface area is 110 Å². The summed E-state index contributed by atoms with van der Waals surface area (Å²) in [6.45, 7) is 2.34. The van der Waals surface area contributed by atoms with E-state index in [-0.39, 0.29) is 6.10 Å². The zero-order valence-electron chi connectivity index (χ0n) is 11.0. The molecule has 1 saturated heterocycles. The molecule has 1 fully saturated rings. The molecular weight excluding hydrogens is 222 g/mol. The maximum atomic E-state index is 10.7. The van der Waals surface area contributed by atoms with Crippen LogP contribution in [-0.4, -0.2) is 29.1 Å². The molecule has 2 heteroatoms. The molecular formula is C16H23NO. The fourth-order valence-electron chi connectivity index (χ4n) is 3.55. The van der Waals surface area contributed by atoms with Crippen molar-refractivity contribution in [3.05, 3.63) is 35.4 Å². The van der Waals surface area contributed by atoms with Gasteiger partial charge in [0.1, 0.15) is 0 Å². The second-order valence-corrected chi connectivity index (χ2v) is 5.70. The summed E-state index contributed by atoms with van der Waals surface area (Å²) in [7, 11) is 0. The molecule has 3 rings (SSSR count). The third-order valence-electron chi connectivity index (χ3n) is 4.54. The molecule has 98 valence electrons. The van der Waals surface area contributed by atoms with Gasteiger partial charge >= 0.3 is 0 Å². The van der Waals surface area contributed by atoms with Gasteiger partial charge in [-0.25, -0.2) is 0 Å². The third kappa shape index (κ3) is 2.32. The minimum atomic E-state index is -0.290. The molecule has 1 heterocycles. The number of aliphatic hydroxyl groups is 1. The van der Waals surface area contributed by atoms with Crippen LogP contribution in [0.2, 0.25) is 0 Å². The number of nitrogens with zero attached hydrogens (tertiary/aromatic N) is 1. The molecule has 0 unspecified atom stereocenters. The maximum Gasteiger partial charge on any atom is 0.0947 e. The van der Waals surface area contributed by atoms with E-state index in [2.05, 4.69) is 29.2 Å². The number of aliphatic hydroxyl groups excluding tert-OH is 1. The third-order valence-corrected chi connectivity index (χ3v) is 4.54. The van der Waals surface area contributed by atoms with Gasteiger partial charge < -0.3 is 5.11 Å². The number of benzene rings is 1. The van der Waals surface area contributed by atoms with Crippen LogP contribution in [0.1, 0.15) is 49.3 Å². The van der Waals surface area contributed by atoms with Crippen molar-refractivity contribution in [1.82, 2.24) is 4.90 Å². The summed E-state index contributed by atoms with van der Waals surface area (Å²) < 4.78 is 0. The van der Waals surface area contributed by atoms with Gasteiger partial charge in [-0.3, -0.25) is 4.90 Å². The van der Waals surface area contributed by atoms with Crippen LogP contribution in [0.3, 0.4) is 0 Å². The fraction of sp³-hybridized carbons (Fsp3) is 0.625. The predicted molar refractivity (Wildman–Crippen MR) is 73.6 cm³/mol. The quantitative estimate of drug-likeness (QED) is 0.769. The largest absolute Gasteiger partial charge is 0.387 e. The van der Waals surface area contributed by atoms with Gasteiger partial charge in [-0.1, -0.05) is 30.7 Å². The van der Waals surface area contributed by atoms with Gasteiger partial charge in [-0.15, -0.1) is 0 Å². The van der Waals surface area contributed by atoms with E-state index in [1.54, 1.807) is 0 Å². The summed E-state index contributed by atoms with van der Waals surface area (Å²) in [6.07, 6.45) is 7.12. The Morgan fingerprint density at radius 3 is 2.61 bits per heavy atom. The molecule has 0 aromatic heterocycles. The Balaban J connectivity index is 1.84. The molecule has 2 nitrogen and oxygen atoms in total. The van der Waals surface area contributed by atoms with Crippen molar-refractivity contribution in [3.63, 3.8) is 0 Å². The van der Waals surface area contributed by atoms with E-state index in [0.717, 1.165) is 12.8 Å². The van der Waals surface area contributed by atoms with Crippen LogP contribution < -0.4 is 0 Å². The molecule has 18 heavy (non-hydrogen) atoms. The van der Waals surface area contributed by atoms with Crippen molar-refractivity contribution in [2.24, 2.45) is 0 Å². The lowest BCUT2D eigenvalue weighted by Crippen LogP contribution is -2.42. The van der Waals surface area contributed by atoms with E-state index in [1.807, 2.05) is 0 Å². The second-order valence-electron chi connectivity index (χ2n) is 5.70. The number of fused-ring (bicyclic) bond motifs is 1. The Bertz CT molecular complexity index is 398. The van der Waals surface area contributed by atoms with Gasteiger partial charge in [0.25, 0.3) is 0 Å². The van der Waals surface area contributed by atoms with Gasteiger partial charge in [0.2, 0.25) is 0 Å². The Morgan fingerprint density at radius 2 is 1.78 bits per heavy atom. The summed E-state index contributed by atoms with van der Waals surface area (Å²) in [5.41, 5.74) is 2.52. The van der Waals surface area contributed by atoms with Crippen molar-refractivity contribution >= 4 is 0 Å². The standard InChI is InChI=1S/C16H23NO/c18-16-14-9-3-2-7-13(14)8-6-10-15(16)17-11-4-1-5-12-17/h2-3,7,9,15-16,18H,1,4-6,8,10-12H2/t15-,16-/m1/s1. The number of aryl methyl sites for hydroxylation is 1. The van der Waals surface area contributed by atoms with Gasteiger partial charge in [-0.2, -0.15) is 0 Å². The minimum absolute atomic E-state index is 0.290. The van der Waals surface area contributed by atoms with Crippen LogP contribution in [0.25, 0.3) is 0 Å². The van der Waals surface area contributed by atoms with E-state index < -0.39 is 0 Å². The second kappa shape index (κ2) is 5.41. The fourth-order valence-corrected chi connectivity index (χ4v) is 3.55. The average Bonchev–Trinajstić information content (AvgIpc) is 2.60. The summed E-state index contributed by atoms with van der Waals surface area (Å²) >= 11 is 0. The van der Waals surface area contributed by atoms with Crippen molar-refractivity contribution in [2.45, 2.75) is 50.7 Å². The number of hydrogen-bond donors (Lipinski definition) is 1. The Hall–Kier alpha value is -0.860. The SMILES string of the molecule is O[C@@H]1c2ccccc2CCC[C@H]1N1CCCCC1. The van der Waals surface area contributed by atoms with Gasteiger partial charge in [0.05, 0.1) is 6.10 Å². The number of hydrogen-bond acceptors (Lipinski definition) is 2. The van der Waals surface area contributed by atoms with E-state index in [9.17, 15) is 5.11 Å². The molecule has 0 bridgehead atoms. The Morgan fingerprint density at radius 1 is 1.00 bits per heavy atom. The Kier molecular flexibility index (Phi) is 3.67. The van der Waals surface area contributed by atoms with Crippen LogP contribution in [-0.2, 0) is 6.42 Å². The van der Waals surface area contributed by atoms with E-state index in [4.69, 9.17) is 0 Å². The molecule has 1 aliphatic heterocycles. The molecule has 0 radical (unpaired) electrons. The first-order chi connectivity index (χ1) is 8.86. The van der Waals surface area contributed by atoms with E-state index in [1.165, 1.54) is 49.9 Å². The molecule has 1 N–H and O–H groups in total. The molecule has 1 aromatic rings. The molecule has 1 aromatic carbocycles. The lowest BCUT2D eigenvalue weighted by Gasteiger charge is -2.36. The van der Waals surface area contributed by atoms with Crippen molar-refractivity contribution in [3.8, 4) is 0 Å². The van der Waals surface area contributed by atoms with Crippen LogP contribution in [0.5, 0.6) is 0 Å². The smallest absolute Gasteiger partial charge is 0.0947 e. The zero-order chi connectivity index (χ0) is 12.4. The first-order valence-electron chi connectivity index (χ1n) is 7.36. The van der Waals surface area contributed by atoms with Crippen LogP contribution in [0, 0.1) is 0 Å². The highest BCUT2D eigenvalue weighted by Gasteiger charge is 2.30. The normalized spacial score (nSPS) is 29.6. The molecule has 2 atom stereocenters. The highest BCUT2D eigenvalue weighted by Crippen LogP contribution is 2.32. The molecule has 1 aliphatic carbocycles.